The highest BCUT2D eigenvalue weighted by atomic mass is 15.2. The van der Waals surface area contributed by atoms with Crippen LogP contribution in [0.25, 0.3) is 0 Å². The Morgan fingerprint density at radius 3 is 1.87 bits per heavy atom. The van der Waals surface area contributed by atoms with E-state index in [0.29, 0.717) is 17.8 Å². The molecule has 53 heavy (non-hydrogen) atoms. The number of allylic oxidation sites excluding steroid dienone is 10. The van der Waals surface area contributed by atoms with Gasteiger partial charge in [-0.2, -0.15) is 0 Å². The molecule has 4 atom stereocenters. The first-order valence-electron chi connectivity index (χ1n) is 20.1. The van der Waals surface area contributed by atoms with Crippen molar-refractivity contribution < 1.29 is 0 Å². The molecule has 0 heterocycles. The Hall–Kier alpha value is -5.34. The van der Waals surface area contributed by atoms with Crippen molar-refractivity contribution in [3.05, 3.63) is 208 Å². The van der Waals surface area contributed by atoms with E-state index < -0.39 is 0 Å². The molecule has 0 aromatic heterocycles. The monoisotopic (exact) mass is 688 g/mol. The second kappa shape index (κ2) is 13.9. The van der Waals surface area contributed by atoms with Crippen LogP contribution in [-0.4, -0.2) is 0 Å². The van der Waals surface area contributed by atoms with Crippen molar-refractivity contribution >= 4 is 17.1 Å². The predicted octanol–water partition coefficient (Wildman–Crippen LogP) is 12.9. The van der Waals surface area contributed by atoms with Crippen LogP contribution in [0.3, 0.4) is 0 Å². The first-order valence-corrected chi connectivity index (χ1v) is 20.1. The Morgan fingerprint density at radius 1 is 0.566 bits per heavy atom. The summed E-state index contributed by atoms with van der Waals surface area (Å²) in [6, 6.07) is 38.3. The summed E-state index contributed by atoms with van der Waals surface area (Å²) in [5.41, 5.74) is 16.8. The van der Waals surface area contributed by atoms with Gasteiger partial charge in [0, 0.05) is 46.0 Å². The van der Waals surface area contributed by atoms with Gasteiger partial charge in [-0.3, -0.25) is 0 Å². The second-order valence-corrected chi connectivity index (χ2v) is 15.7. The number of para-hydroxylation sites is 2. The summed E-state index contributed by atoms with van der Waals surface area (Å²) in [5.74, 6) is 2.25. The minimum Gasteiger partial charge on any atom is -0.311 e. The molecule has 0 amide bonds. The lowest BCUT2D eigenvalue weighted by Gasteiger charge is -2.35. The maximum atomic E-state index is 2.57. The van der Waals surface area contributed by atoms with E-state index in [0.717, 1.165) is 25.2 Å². The van der Waals surface area contributed by atoms with Gasteiger partial charge in [0.15, 0.2) is 0 Å². The first-order chi connectivity index (χ1) is 26.3. The number of hydrogen-bond donors (Lipinski definition) is 0. The third-order valence-corrected chi connectivity index (χ3v) is 12.5. The third kappa shape index (κ3) is 6.19. The summed E-state index contributed by atoms with van der Waals surface area (Å²) in [5, 5.41) is 0. The quantitative estimate of drug-likeness (QED) is 0.182. The number of nitrogens with zero attached hydrogens (tertiary/aromatic N) is 2. The van der Waals surface area contributed by atoms with E-state index in [-0.39, 0.29) is 0 Å². The topological polar surface area (TPSA) is 6.48 Å². The number of benzene rings is 4. The fourth-order valence-corrected chi connectivity index (χ4v) is 9.62. The van der Waals surface area contributed by atoms with Crippen molar-refractivity contribution in [3.63, 3.8) is 0 Å². The van der Waals surface area contributed by atoms with E-state index in [1.165, 1.54) is 101 Å². The average Bonchev–Trinajstić information content (AvgIpc) is 4.03. The average molecular weight is 689 g/mol. The van der Waals surface area contributed by atoms with Crippen LogP contribution in [0.1, 0.15) is 79.0 Å². The number of aryl methyl sites for hydroxylation is 1. The molecule has 6 aliphatic rings. The standard InChI is InChI=1S/C51H48N2/c1-3-14-42(15-4-1)52(50-21-11-13-40-12-7-8-18-46(40)50)44-30-26-38(27-31-44)36-22-24-37(25-23-36)39-28-32-45(33-29-39)53(43-16-5-2-6-17-43)51-35-41-34-49(41)47-19-9-10-20-48(47)51/h1-6,10-11,13-17,20-26,28,30-33,35,38-39,41,49H,7-9,12,18-19,27,29,34H2. The van der Waals surface area contributed by atoms with Gasteiger partial charge in [0.05, 0.1) is 0 Å². The molecular weight excluding hydrogens is 641 g/mol. The molecule has 4 aromatic carbocycles. The predicted molar refractivity (Wildman–Crippen MR) is 221 cm³/mol. The van der Waals surface area contributed by atoms with Crippen molar-refractivity contribution in [1.29, 1.82) is 0 Å². The third-order valence-electron chi connectivity index (χ3n) is 12.5. The van der Waals surface area contributed by atoms with Gasteiger partial charge in [0.1, 0.15) is 0 Å². The van der Waals surface area contributed by atoms with Crippen molar-refractivity contribution in [2.75, 3.05) is 9.80 Å². The molecule has 0 aliphatic heterocycles. The molecule has 4 aromatic rings. The molecule has 2 nitrogen and oxygen atoms in total. The molecule has 1 saturated carbocycles. The summed E-state index contributed by atoms with van der Waals surface area (Å²) < 4.78 is 0. The van der Waals surface area contributed by atoms with Gasteiger partial charge < -0.3 is 9.80 Å². The van der Waals surface area contributed by atoms with Crippen LogP contribution in [-0.2, 0) is 12.8 Å². The van der Waals surface area contributed by atoms with Crippen molar-refractivity contribution in [1.82, 2.24) is 0 Å². The molecule has 0 bridgehead atoms. The molecule has 4 unspecified atom stereocenters. The normalized spacial score (nSPS) is 24.0. The number of fused-ring (bicyclic) bond motifs is 3. The van der Waals surface area contributed by atoms with E-state index in [4.69, 9.17) is 0 Å². The summed E-state index contributed by atoms with van der Waals surface area (Å²) in [7, 11) is 0. The maximum Gasteiger partial charge on any atom is 0.0496 e. The van der Waals surface area contributed by atoms with Crippen LogP contribution >= 0.6 is 0 Å². The molecule has 0 saturated heterocycles. The highest BCUT2D eigenvalue weighted by Gasteiger charge is 2.44. The van der Waals surface area contributed by atoms with Crippen LogP contribution in [0.15, 0.2) is 186 Å². The lowest BCUT2D eigenvalue weighted by molar-refractivity contribution is 0.685. The van der Waals surface area contributed by atoms with Crippen molar-refractivity contribution in [2.45, 2.75) is 69.6 Å². The molecular formula is C51H48N2. The minimum absolute atomic E-state index is 0.380. The highest BCUT2D eigenvalue weighted by molar-refractivity contribution is 5.74. The van der Waals surface area contributed by atoms with Gasteiger partial charge in [-0.15, -0.1) is 0 Å². The van der Waals surface area contributed by atoms with Crippen molar-refractivity contribution in [3.8, 4) is 0 Å². The lowest BCUT2D eigenvalue weighted by atomic mass is 9.85. The summed E-state index contributed by atoms with van der Waals surface area (Å²) in [4.78, 5) is 5.02. The zero-order valence-electron chi connectivity index (χ0n) is 30.6. The highest BCUT2D eigenvalue weighted by Crippen LogP contribution is 2.55. The first kappa shape index (κ1) is 32.3. The van der Waals surface area contributed by atoms with E-state index >= 15 is 0 Å². The molecule has 0 N–H and O–H groups in total. The van der Waals surface area contributed by atoms with Crippen LogP contribution in [0.4, 0.5) is 17.1 Å². The number of hydrogen-bond acceptors (Lipinski definition) is 2. The number of anilines is 3. The molecule has 10 rings (SSSR count). The largest absolute Gasteiger partial charge is 0.311 e. The summed E-state index contributed by atoms with van der Waals surface area (Å²) in [6.45, 7) is 0. The number of rotatable bonds is 8. The summed E-state index contributed by atoms with van der Waals surface area (Å²) in [6.07, 6.45) is 32.5. The fraction of sp³-hybridized carbons (Fsp3) is 0.255. The summed E-state index contributed by atoms with van der Waals surface area (Å²) >= 11 is 0. The second-order valence-electron chi connectivity index (χ2n) is 15.7. The van der Waals surface area contributed by atoms with Gasteiger partial charge >= 0.3 is 0 Å². The van der Waals surface area contributed by atoms with Gasteiger partial charge in [-0.05, 0) is 140 Å². The molecule has 2 heteroatoms. The molecule has 6 aliphatic carbocycles. The maximum absolute atomic E-state index is 2.57. The Kier molecular flexibility index (Phi) is 8.48. The lowest BCUT2D eigenvalue weighted by Crippen LogP contribution is -2.26. The van der Waals surface area contributed by atoms with E-state index in [1.807, 2.05) is 0 Å². The Labute approximate surface area is 315 Å². The molecule has 1 fully saturated rings. The Morgan fingerprint density at radius 2 is 1.21 bits per heavy atom. The Balaban J connectivity index is 0.862. The van der Waals surface area contributed by atoms with Crippen molar-refractivity contribution in [2.24, 2.45) is 11.8 Å². The zero-order valence-corrected chi connectivity index (χ0v) is 30.6. The van der Waals surface area contributed by atoms with Crippen LogP contribution < -0.4 is 9.80 Å². The van der Waals surface area contributed by atoms with Gasteiger partial charge in [-0.1, -0.05) is 121 Å². The van der Waals surface area contributed by atoms with Gasteiger partial charge in [0.25, 0.3) is 0 Å². The van der Waals surface area contributed by atoms with Crippen LogP contribution in [0.2, 0.25) is 0 Å². The van der Waals surface area contributed by atoms with E-state index in [9.17, 15) is 0 Å². The molecule has 0 radical (unpaired) electrons. The van der Waals surface area contributed by atoms with E-state index in [2.05, 4.69) is 168 Å². The molecule has 0 spiro atoms. The minimum atomic E-state index is 0.380. The smallest absolute Gasteiger partial charge is 0.0496 e. The fourth-order valence-electron chi connectivity index (χ4n) is 9.62. The van der Waals surface area contributed by atoms with Crippen LogP contribution in [0.5, 0.6) is 0 Å². The van der Waals surface area contributed by atoms with Crippen LogP contribution in [0, 0.1) is 11.8 Å². The SMILES string of the molecule is C1=CC2=C(CC1)C1CC1C=C2N(C1=CCC(c2ccc(C3C=CC(N(c4ccccc4)c4cccc5c4CCCC5)=CC3)cc2)C=C1)c1ccccc1. The Bertz CT molecular complexity index is 2230. The zero-order chi connectivity index (χ0) is 35.1. The van der Waals surface area contributed by atoms with Gasteiger partial charge in [0.2, 0.25) is 0 Å². The van der Waals surface area contributed by atoms with Gasteiger partial charge in [-0.25, -0.2) is 0 Å². The van der Waals surface area contributed by atoms with E-state index in [1.54, 1.807) is 5.57 Å². The molecule has 262 valence electrons.